The Hall–Kier alpha value is -2.82. The van der Waals surface area contributed by atoms with E-state index in [-0.39, 0.29) is 5.97 Å². The number of methoxy groups -OCH3 is 2. The molecule has 1 saturated carbocycles. The summed E-state index contributed by atoms with van der Waals surface area (Å²) < 4.78 is 12.6. The van der Waals surface area contributed by atoms with Gasteiger partial charge in [0.1, 0.15) is 0 Å². The molecule has 146 valence electrons. The number of benzene rings is 1. The van der Waals surface area contributed by atoms with Gasteiger partial charge < -0.3 is 14.0 Å². The molecule has 2 heterocycles. The normalized spacial score (nSPS) is 14.1. The van der Waals surface area contributed by atoms with Crippen molar-refractivity contribution in [2.24, 2.45) is 5.92 Å². The highest BCUT2D eigenvalue weighted by atomic mass is 16.5. The molecule has 0 saturated heterocycles. The van der Waals surface area contributed by atoms with Gasteiger partial charge in [0.15, 0.2) is 0 Å². The van der Waals surface area contributed by atoms with E-state index in [1.807, 2.05) is 24.3 Å². The monoisotopic (exact) mass is 378 g/mol. The van der Waals surface area contributed by atoms with Gasteiger partial charge in [-0.2, -0.15) is 0 Å². The van der Waals surface area contributed by atoms with Crippen molar-refractivity contribution in [3.05, 3.63) is 58.9 Å². The van der Waals surface area contributed by atoms with Crippen LogP contribution in [0.1, 0.15) is 46.4 Å². The van der Waals surface area contributed by atoms with Crippen LogP contribution in [0.4, 0.5) is 0 Å². The van der Waals surface area contributed by atoms with Crippen molar-refractivity contribution < 1.29 is 14.3 Å². The number of hydrogen-bond donors (Lipinski definition) is 0. The molecule has 2 aromatic heterocycles. The van der Waals surface area contributed by atoms with Gasteiger partial charge in [0.25, 0.3) is 0 Å². The van der Waals surface area contributed by atoms with E-state index in [2.05, 4.69) is 22.5 Å². The van der Waals surface area contributed by atoms with Gasteiger partial charge in [0.05, 0.1) is 19.8 Å². The molecule has 0 unspecified atom stereocenters. The molecule has 0 amide bonds. The van der Waals surface area contributed by atoms with Gasteiger partial charge in [-0.05, 0) is 55.0 Å². The van der Waals surface area contributed by atoms with E-state index in [1.165, 1.54) is 43.0 Å². The molecule has 5 heteroatoms. The minimum atomic E-state index is -0.295. The first-order valence-corrected chi connectivity index (χ1v) is 9.79. The highest BCUT2D eigenvalue weighted by Gasteiger charge is 2.22. The summed E-state index contributed by atoms with van der Waals surface area (Å²) in [6, 6.07) is 9.90. The zero-order valence-electron chi connectivity index (χ0n) is 16.7. The lowest BCUT2D eigenvalue weighted by molar-refractivity contribution is 0.0601. The Bertz CT molecular complexity index is 1020. The first-order chi connectivity index (χ1) is 13.6. The zero-order valence-corrected chi connectivity index (χ0v) is 16.7. The summed E-state index contributed by atoms with van der Waals surface area (Å²) in [5.41, 5.74) is 5.43. The Balaban J connectivity index is 1.80. The molecule has 1 fully saturated rings. The van der Waals surface area contributed by atoms with Crippen LogP contribution in [0.5, 0.6) is 5.88 Å². The van der Waals surface area contributed by atoms with Gasteiger partial charge >= 0.3 is 5.97 Å². The van der Waals surface area contributed by atoms with Crippen molar-refractivity contribution in [2.45, 2.75) is 39.2 Å². The van der Waals surface area contributed by atoms with E-state index in [4.69, 9.17) is 9.47 Å². The lowest BCUT2D eigenvalue weighted by Gasteiger charge is -2.27. The van der Waals surface area contributed by atoms with Gasteiger partial charge in [0.2, 0.25) is 5.88 Å². The molecular formula is C23H26N2O3. The minimum Gasteiger partial charge on any atom is -0.481 e. The molecule has 0 bridgehead atoms. The van der Waals surface area contributed by atoms with Crippen LogP contribution < -0.4 is 4.74 Å². The fraction of sp³-hybridized carbons (Fsp3) is 0.391. The van der Waals surface area contributed by atoms with Crippen molar-refractivity contribution in [3.63, 3.8) is 0 Å². The molecule has 0 aliphatic heterocycles. The van der Waals surface area contributed by atoms with Crippen molar-refractivity contribution >= 4 is 16.9 Å². The molecule has 0 spiro atoms. The third-order valence-electron chi connectivity index (χ3n) is 5.93. The van der Waals surface area contributed by atoms with E-state index in [0.717, 1.165) is 30.0 Å². The lowest BCUT2D eigenvalue weighted by atomic mass is 9.85. The molecule has 1 aliphatic carbocycles. The van der Waals surface area contributed by atoms with Crippen LogP contribution in [-0.2, 0) is 17.7 Å². The van der Waals surface area contributed by atoms with E-state index in [1.54, 1.807) is 13.3 Å². The van der Waals surface area contributed by atoms with E-state index in [0.29, 0.717) is 11.4 Å². The molecule has 28 heavy (non-hydrogen) atoms. The zero-order chi connectivity index (χ0) is 19.7. The second kappa shape index (κ2) is 7.66. The Kier molecular flexibility index (Phi) is 5.07. The number of aromatic nitrogens is 2. The number of fused-ring (bicyclic) bond motifs is 1. The second-order valence-corrected chi connectivity index (χ2v) is 7.58. The molecule has 0 atom stereocenters. The average Bonchev–Trinajstić information content (AvgIpc) is 2.95. The van der Waals surface area contributed by atoms with Crippen molar-refractivity contribution in [2.75, 3.05) is 14.2 Å². The topological polar surface area (TPSA) is 53.4 Å². The van der Waals surface area contributed by atoms with Crippen LogP contribution in [0.25, 0.3) is 10.9 Å². The van der Waals surface area contributed by atoms with Crippen molar-refractivity contribution in [1.29, 1.82) is 0 Å². The lowest BCUT2D eigenvalue weighted by Crippen LogP contribution is -2.18. The molecular weight excluding hydrogens is 352 g/mol. The number of nitrogens with zero attached hydrogens (tertiary/aromatic N) is 2. The number of carbonyl (C=O) groups is 1. The summed E-state index contributed by atoms with van der Waals surface area (Å²) in [5, 5.41) is 1.19. The largest absolute Gasteiger partial charge is 0.481 e. The summed E-state index contributed by atoms with van der Waals surface area (Å²) >= 11 is 0. The van der Waals surface area contributed by atoms with Crippen LogP contribution in [0.3, 0.4) is 0 Å². The number of rotatable bonds is 6. The summed E-state index contributed by atoms with van der Waals surface area (Å²) in [6.07, 6.45) is 6.47. The van der Waals surface area contributed by atoms with Gasteiger partial charge in [-0.1, -0.05) is 12.5 Å². The Labute approximate surface area is 165 Å². The quantitative estimate of drug-likeness (QED) is 0.591. The summed E-state index contributed by atoms with van der Waals surface area (Å²) in [4.78, 5) is 16.3. The maximum Gasteiger partial charge on any atom is 0.337 e. The summed E-state index contributed by atoms with van der Waals surface area (Å²) in [6.45, 7) is 3.19. The van der Waals surface area contributed by atoms with E-state index >= 15 is 0 Å². The van der Waals surface area contributed by atoms with Crippen LogP contribution in [0.2, 0.25) is 0 Å². The van der Waals surface area contributed by atoms with Crippen molar-refractivity contribution in [1.82, 2.24) is 9.55 Å². The standard InChI is InChI=1S/C23H26N2O3/c1-15-20(11-17-9-10-24-22(12-17)27-2)19-8-7-18(23(26)28-3)13-21(19)25(15)14-16-5-4-6-16/h7-10,12-13,16H,4-6,11,14H2,1-3H3. The number of carbonyl (C=O) groups excluding carboxylic acids is 1. The molecule has 4 rings (SSSR count). The highest BCUT2D eigenvalue weighted by Crippen LogP contribution is 2.34. The van der Waals surface area contributed by atoms with Crippen LogP contribution in [0, 0.1) is 12.8 Å². The Morgan fingerprint density at radius 2 is 2.04 bits per heavy atom. The third-order valence-corrected chi connectivity index (χ3v) is 5.93. The van der Waals surface area contributed by atoms with Gasteiger partial charge in [-0.3, -0.25) is 0 Å². The maximum absolute atomic E-state index is 12.1. The molecule has 1 aromatic carbocycles. The Morgan fingerprint density at radius 1 is 1.21 bits per heavy atom. The number of hydrogen-bond acceptors (Lipinski definition) is 4. The van der Waals surface area contributed by atoms with Gasteiger partial charge in [-0.25, -0.2) is 9.78 Å². The van der Waals surface area contributed by atoms with Crippen LogP contribution >= 0.6 is 0 Å². The van der Waals surface area contributed by atoms with E-state index in [9.17, 15) is 4.79 Å². The first-order valence-electron chi connectivity index (χ1n) is 9.79. The summed E-state index contributed by atoms with van der Waals surface area (Å²) in [5.74, 6) is 1.06. The number of ether oxygens (including phenoxy) is 2. The molecule has 0 N–H and O–H groups in total. The van der Waals surface area contributed by atoms with Crippen molar-refractivity contribution in [3.8, 4) is 5.88 Å². The van der Waals surface area contributed by atoms with Crippen LogP contribution in [-0.4, -0.2) is 29.7 Å². The van der Waals surface area contributed by atoms with Gasteiger partial charge in [0, 0.05) is 41.8 Å². The molecule has 5 nitrogen and oxygen atoms in total. The molecule has 3 aromatic rings. The predicted molar refractivity (Wildman–Crippen MR) is 109 cm³/mol. The SMILES string of the molecule is COC(=O)c1ccc2c(Cc3ccnc(OC)c3)c(C)n(CC3CCC3)c2c1. The first kappa shape index (κ1) is 18.5. The summed E-state index contributed by atoms with van der Waals surface area (Å²) in [7, 11) is 3.06. The fourth-order valence-electron chi connectivity index (χ4n) is 4.06. The van der Waals surface area contributed by atoms with Crippen LogP contribution in [0.15, 0.2) is 36.5 Å². The minimum absolute atomic E-state index is 0.295. The predicted octanol–water partition coefficient (Wildman–Crippen LogP) is 4.53. The number of esters is 1. The second-order valence-electron chi connectivity index (χ2n) is 7.58. The number of pyridine rings is 1. The molecule has 0 radical (unpaired) electrons. The molecule has 1 aliphatic rings. The third kappa shape index (κ3) is 3.37. The average molecular weight is 378 g/mol. The Morgan fingerprint density at radius 3 is 2.71 bits per heavy atom. The highest BCUT2D eigenvalue weighted by molar-refractivity contribution is 5.96. The smallest absolute Gasteiger partial charge is 0.337 e. The van der Waals surface area contributed by atoms with Gasteiger partial charge in [-0.15, -0.1) is 0 Å². The maximum atomic E-state index is 12.1. The van der Waals surface area contributed by atoms with E-state index < -0.39 is 0 Å². The fourth-order valence-corrected chi connectivity index (χ4v) is 4.06.